The second-order valence-corrected chi connectivity index (χ2v) is 9.19. The minimum absolute atomic E-state index is 0.0283. The van der Waals surface area contributed by atoms with Crippen LogP contribution in [0.15, 0.2) is 0 Å². The molecule has 0 N–H and O–H groups in total. The van der Waals surface area contributed by atoms with Gasteiger partial charge in [0.15, 0.2) is 0 Å². The molecule has 1 aliphatic heterocycles. The van der Waals surface area contributed by atoms with Crippen LogP contribution in [0.2, 0.25) is 0 Å². The maximum atomic E-state index is 13.0. The summed E-state index contributed by atoms with van der Waals surface area (Å²) in [5.41, 5.74) is 0. The van der Waals surface area contributed by atoms with Crippen LogP contribution < -0.4 is 0 Å². The van der Waals surface area contributed by atoms with E-state index in [1.807, 2.05) is 0 Å². The first kappa shape index (κ1) is 16.2. The zero-order valence-corrected chi connectivity index (χ0v) is 14.4. The van der Waals surface area contributed by atoms with Crippen molar-refractivity contribution >= 4 is 15.9 Å². The van der Waals surface area contributed by atoms with E-state index in [-0.39, 0.29) is 5.92 Å². The Hall–Kier alpha value is -0.620. The molecule has 1 heterocycles. The SMILES string of the molecule is CS(=O)(=O)N1CCC(C(=O)N(C2CCCCC2)C2CC2)CC1. The first-order valence-corrected chi connectivity index (χ1v) is 10.6. The Labute approximate surface area is 134 Å². The molecule has 0 aromatic rings. The Kier molecular flexibility index (Phi) is 4.78. The maximum absolute atomic E-state index is 13.0. The lowest BCUT2D eigenvalue weighted by atomic mass is 9.91. The third kappa shape index (κ3) is 3.65. The number of carbonyl (C=O) groups is 1. The molecule has 1 amide bonds. The number of sulfonamides is 1. The molecule has 0 aromatic carbocycles. The molecule has 22 heavy (non-hydrogen) atoms. The zero-order chi connectivity index (χ0) is 15.7. The maximum Gasteiger partial charge on any atom is 0.226 e. The standard InChI is InChI=1S/C16H28N2O3S/c1-22(20,21)17-11-9-13(10-12-17)16(19)18(15-7-8-15)14-5-3-2-4-6-14/h13-15H,2-12H2,1H3. The number of amides is 1. The number of nitrogens with zero attached hydrogens (tertiary/aromatic N) is 2. The molecular formula is C16H28N2O3S. The van der Waals surface area contributed by atoms with Crippen molar-refractivity contribution in [3.05, 3.63) is 0 Å². The van der Waals surface area contributed by atoms with E-state index in [0.29, 0.717) is 43.9 Å². The number of hydrogen-bond acceptors (Lipinski definition) is 3. The molecule has 0 aromatic heterocycles. The summed E-state index contributed by atoms with van der Waals surface area (Å²) < 4.78 is 24.7. The highest BCUT2D eigenvalue weighted by atomic mass is 32.2. The van der Waals surface area contributed by atoms with Crippen LogP contribution in [0.5, 0.6) is 0 Å². The normalized spacial score (nSPS) is 26.0. The molecule has 126 valence electrons. The van der Waals surface area contributed by atoms with E-state index < -0.39 is 10.0 Å². The van der Waals surface area contributed by atoms with Gasteiger partial charge in [-0.3, -0.25) is 4.79 Å². The Morgan fingerprint density at radius 2 is 1.45 bits per heavy atom. The lowest BCUT2D eigenvalue weighted by molar-refractivity contribution is -0.140. The molecule has 0 atom stereocenters. The second kappa shape index (κ2) is 6.48. The quantitative estimate of drug-likeness (QED) is 0.793. The average Bonchev–Trinajstić information content (AvgIpc) is 3.32. The molecule has 3 rings (SSSR count). The van der Waals surface area contributed by atoms with Crippen LogP contribution in [0.25, 0.3) is 0 Å². The van der Waals surface area contributed by atoms with Crippen LogP contribution in [0.1, 0.15) is 57.8 Å². The van der Waals surface area contributed by atoms with Gasteiger partial charge in [0.25, 0.3) is 0 Å². The van der Waals surface area contributed by atoms with E-state index in [4.69, 9.17) is 0 Å². The van der Waals surface area contributed by atoms with Gasteiger partial charge in [-0.2, -0.15) is 0 Å². The van der Waals surface area contributed by atoms with Gasteiger partial charge in [-0.1, -0.05) is 19.3 Å². The fraction of sp³-hybridized carbons (Fsp3) is 0.938. The second-order valence-electron chi connectivity index (χ2n) is 7.20. The third-order valence-corrected chi connectivity index (χ3v) is 6.74. The molecular weight excluding hydrogens is 300 g/mol. The van der Waals surface area contributed by atoms with Gasteiger partial charge in [-0.25, -0.2) is 12.7 Å². The van der Waals surface area contributed by atoms with Crippen LogP contribution in [0.3, 0.4) is 0 Å². The fourth-order valence-corrected chi connectivity index (χ4v) is 4.89. The van der Waals surface area contributed by atoms with Gasteiger partial charge in [-0.15, -0.1) is 0 Å². The molecule has 0 radical (unpaired) electrons. The molecule has 5 nitrogen and oxygen atoms in total. The van der Waals surface area contributed by atoms with E-state index in [2.05, 4.69) is 4.90 Å². The molecule has 0 spiro atoms. The van der Waals surface area contributed by atoms with Gasteiger partial charge in [0.05, 0.1) is 6.26 Å². The summed E-state index contributed by atoms with van der Waals surface area (Å²) in [6.45, 7) is 0.997. The minimum atomic E-state index is -3.11. The number of carbonyl (C=O) groups excluding carboxylic acids is 1. The number of piperidine rings is 1. The van der Waals surface area contributed by atoms with E-state index in [1.165, 1.54) is 29.8 Å². The van der Waals surface area contributed by atoms with Crippen molar-refractivity contribution in [1.82, 2.24) is 9.21 Å². The monoisotopic (exact) mass is 328 g/mol. The van der Waals surface area contributed by atoms with Crippen LogP contribution in [-0.2, 0) is 14.8 Å². The molecule has 2 saturated carbocycles. The fourth-order valence-electron chi connectivity index (χ4n) is 4.02. The van der Waals surface area contributed by atoms with Crippen LogP contribution in [0.4, 0.5) is 0 Å². The van der Waals surface area contributed by atoms with Crippen molar-refractivity contribution in [3.8, 4) is 0 Å². The predicted molar refractivity (Wildman–Crippen MR) is 85.9 cm³/mol. The van der Waals surface area contributed by atoms with Gasteiger partial charge in [0.2, 0.25) is 15.9 Å². The lowest BCUT2D eigenvalue weighted by Crippen LogP contribution is -2.49. The van der Waals surface area contributed by atoms with Gasteiger partial charge in [0, 0.05) is 31.1 Å². The highest BCUT2D eigenvalue weighted by Gasteiger charge is 2.41. The summed E-state index contributed by atoms with van der Waals surface area (Å²) >= 11 is 0. The molecule has 0 unspecified atom stereocenters. The summed E-state index contributed by atoms with van der Waals surface area (Å²) in [4.78, 5) is 15.2. The number of rotatable bonds is 4. The van der Waals surface area contributed by atoms with Crippen molar-refractivity contribution in [2.24, 2.45) is 5.92 Å². The van der Waals surface area contributed by atoms with Crippen molar-refractivity contribution < 1.29 is 13.2 Å². The molecule has 1 saturated heterocycles. The molecule has 3 fully saturated rings. The molecule has 0 bridgehead atoms. The number of hydrogen-bond donors (Lipinski definition) is 0. The Morgan fingerprint density at radius 1 is 0.909 bits per heavy atom. The summed E-state index contributed by atoms with van der Waals surface area (Å²) in [5, 5.41) is 0. The topological polar surface area (TPSA) is 57.7 Å². The van der Waals surface area contributed by atoms with E-state index in [9.17, 15) is 13.2 Å². The summed E-state index contributed by atoms with van der Waals surface area (Å²) in [7, 11) is -3.11. The van der Waals surface area contributed by atoms with Crippen molar-refractivity contribution in [2.45, 2.75) is 69.9 Å². The summed E-state index contributed by atoms with van der Waals surface area (Å²) in [6, 6.07) is 0.922. The zero-order valence-electron chi connectivity index (χ0n) is 13.5. The molecule has 2 aliphatic carbocycles. The summed E-state index contributed by atoms with van der Waals surface area (Å²) in [6.07, 6.45) is 11.0. The van der Waals surface area contributed by atoms with Crippen LogP contribution in [0, 0.1) is 5.92 Å². The van der Waals surface area contributed by atoms with Crippen LogP contribution in [-0.4, -0.2) is 55.0 Å². The lowest BCUT2D eigenvalue weighted by Gasteiger charge is -2.39. The highest BCUT2D eigenvalue weighted by Crippen LogP contribution is 2.36. The first-order valence-electron chi connectivity index (χ1n) is 8.74. The van der Waals surface area contributed by atoms with E-state index in [0.717, 1.165) is 25.7 Å². The predicted octanol–water partition coefficient (Wildman–Crippen LogP) is 1.98. The third-order valence-electron chi connectivity index (χ3n) is 5.44. The Balaban J connectivity index is 1.62. The van der Waals surface area contributed by atoms with Crippen LogP contribution >= 0.6 is 0 Å². The van der Waals surface area contributed by atoms with E-state index >= 15 is 0 Å². The highest BCUT2D eigenvalue weighted by molar-refractivity contribution is 7.88. The van der Waals surface area contributed by atoms with Crippen molar-refractivity contribution in [1.29, 1.82) is 0 Å². The average molecular weight is 328 g/mol. The largest absolute Gasteiger partial charge is 0.336 e. The van der Waals surface area contributed by atoms with E-state index in [1.54, 1.807) is 0 Å². The van der Waals surface area contributed by atoms with Gasteiger partial charge in [-0.05, 0) is 38.5 Å². The minimum Gasteiger partial charge on any atom is -0.336 e. The van der Waals surface area contributed by atoms with Crippen molar-refractivity contribution in [3.63, 3.8) is 0 Å². The summed E-state index contributed by atoms with van der Waals surface area (Å²) in [5.74, 6) is 0.336. The van der Waals surface area contributed by atoms with Gasteiger partial charge < -0.3 is 4.90 Å². The Morgan fingerprint density at radius 3 is 1.95 bits per heavy atom. The van der Waals surface area contributed by atoms with Gasteiger partial charge >= 0.3 is 0 Å². The first-order chi connectivity index (χ1) is 10.5. The molecule has 6 heteroatoms. The smallest absolute Gasteiger partial charge is 0.226 e. The Bertz CT molecular complexity index is 501. The van der Waals surface area contributed by atoms with Gasteiger partial charge in [0.1, 0.15) is 0 Å². The molecule has 3 aliphatic rings. The van der Waals surface area contributed by atoms with Crippen molar-refractivity contribution in [2.75, 3.05) is 19.3 Å².